The van der Waals surface area contributed by atoms with Gasteiger partial charge in [-0.2, -0.15) is 5.26 Å². The Bertz CT molecular complexity index is 1850. The topological polar surface area (TPSA) is 104 Å². The van der Waals surface area contributed by atoms with Crippen molar-refractivity contribution < 1.29 is 28.1 Å². The molecule has 0 amide bonds. The number of nitriles is 1. The summed E-state index contributed by atoms with van der Waals surface area (Å²) in [4.78, 5) is 12.6. The summed E-state index contributed by atoms with van der Waals surface area (Å²) in [7, 11) is 0. The molecule has 0 radical (unpaired) electrons. The lowest BCUT2D eigenvalue weighted by atomic mass is 9.83. The van der Waals surface area contributed by atoms with Crippen LogP contribution in [0.1, 0.15) is 61.4 Å². The second-order valence-electron chi connectivity index (χ2n) is 11.8. The van der Waals surface area contributed by atoms with Crippen molar-refractivity contribution in [3.05, 3.63) is 136 Å². The van der Waals surface area contributed by atoms with Gasteiger partial charge in [0.2, 0.25) is 5.88 Å². The second kappa shape index (κ2) is 13.6. The molecule has 46 heavy (non-hydrogen) atoms. The molecule has 234 valence electrons. The lowest BCUT2D eigenvalue weighted by molar-refractivity contribution is -0.128. The fourth-order valence-electron chi connectivity index (χ4n) is 5.11. The normalized spacial score (nSPS) is 14.3. The third-order valence-electron chi connectivity index (χ3n) is 7.54. The zero-order valence-electron chi connectivity index (χ0n) is 26.2. The molecule has 4 aromatic carbocycles. The van der Waals surface area contributed by atoms with Crippen molar-refractivity contribution in [3.8, 4) is 29.1 Å². The van der Waals surface area contributed by atoms with Gasteiger partial charge in [-0.15, -0.1) is 0 Å². The molecule has 1 unspecified atom stereocenters. The average Bonchev–Trinajstić information content (AvgIpc) is 3.03. The van der Waals surface area contributed by atoms with E-state index in [1.165, 1.54) is 17.7 Å². The first-order valence-corrected chi connectivity index (χ1v) is 14.9. The van der Waals surface area contributed by atoms with Crippen molar-refractivity contribution in [1.29, 1.82) is 5.26 Å². The Morgan fingerprint density at radius 2 is 1.76 bits per heavy atom. The van der Waals surface area contributed by atoms with E-state index in [0.29, 0.717) is 40.5 Å². The van der Waals surface area contributed by atoms with Gasteiger partial charge in [0.15, 0.2) is 11.5 Å². The molecule has 1 heterocycles. The largest absolute Gasteiger partial charge is 0.490 e. The van der Waals surface area contributed by atoms with Crippen LogP contribution in [0.2, 0.25) is 0 Å². The Morgan fingerprint density at radius 1 is 1.00 bits per heavy atom. The maximum Gasteiger partial charge on any atom is 0.336 e. The van der Waals surface area contributed by atoms with Crippen LogP contribution in [-0.2, 0) is 16.8 Å². The van der Waals surface area contributed by atoms with Gasteiger partial charge in [-0.05, 0) is 59.4 Å². The number of hydrogen-bond acceptors (Lipinski definition) is 7. The Balaban J connectivity index is 1.37. The first kappa shape index (κ1) is 31.9. The van der Waals surface area contributed by atoms with E-state index in [1.807, 2.05) is 31.2 Å². The minimum absolute atomic E-state index is 0.0165. The van der Waals surface area contributed by atoms with E-state index < -0.39 is 11.9 Å². The first-order valence-electron chi connectivity index (χ1n) is 14.9. The summed E-state index contributed by atoms with van der Waals surface area (Å²) in [5.41, 5.74) is 10.3. The molecule has 0 aliphatic carbocycles. The minimum atomic E-state index is -0.589. The van der Waals surface area contributed by atoms with Crippen molar-refractivity contribution in [1.82, 2.24) is 0 Å². The number of nitrogens with two attached hydrogens (primary N) is 1. The molecule has 5 rings (SSSR count). The molecule has 0 aromatic heterocycles. The van der Waals surface area contributed by atoms with Crippen molar-refractivity contribution in [3.63, 3.8) is 0 Å². The summed E-state index contributed by atoms with van der Waals surface area (Å²) in [5, 5.41) is 10.0. The quantitative estimate of drug-likeness (QED) is 0.115. The van der Waals surface area contributed by atoms with E-state index in [9.17, 15) is 14.4 Å². The number of rotatable bonds is 9. The third kappa shape index (κ3) is 7.22. The minimum Gasteiger partial charge on any atom is -0.490 e. The van der Waals surface area contributed by atoms with Gasteiger partial charge in [0.25, 0.3) is 0 Å². The number of ether oxygens (including phenoxy) is 4. The number of nitrogens with zero attached hydrogens (tertiary/aromatic N) is 1. The van der Waals surface area contributed by atoms with Crippen LogP contribution >= 0.6 is 0 Å². The smallest absolute Gasteiger partial charge is 0.336 e. The molecule has 0 saturated heterocycles. The Morgan fingerprint density at radius 3 is 2.46 bits per heavy atom. The molecule has 2 N–H and O–H groups in total. The molecular weight excluding hydrogens is 583 g/mol. The fraction of sp³-hybridized carbons (Fsp3) is 0.211. The number of esters is 1. The summed E-state index contributed by atoms with van der Waals surface area (Å²) in [6.07, 6.45) is 3.06. The van der Waals surface area contributed by atoms with Crippen LogP contribution in [0.15, 0.2) is 102 Å². The summed E-state index contributed by atoms with van der Waals surface area (Å²) in [5.74, 6) is -0.0819. The molecule has 8 heteroatoms. The zero-order chi connectivity index (χ0) is 32.8. The highest BCUT2D eigenvalue weighted by Crippen LogP contribution is 2.45. The van der Waals surface area contributed by atoms with E-state index in [-0.39, 0.29) is 35.0 Å². The zero-order valence-corrected chi connectivity index (χ0v) is 26.2. The second-order valence-corrected chi connectivity index (χ2v) is 11.8. The van der Waals surface area contributed by atoms with E-state index in [1.54, 1.807) is 60.7 Å². The van der Waals surface area contributed by atoms with Gasteiger partial charge < -0.3 is 24.7 Å². The van der Waals surface area contributed by atoms with E-state index in [0.717, 1.165) is 5.56 Å². The number of hydrogen-bond donors (Lipinski definition) is 1. The maximum atomic E-state index is 14.2. The van der Waals surface area contributed by atoms with E-state index in [4.69, 9.17) is 24.7 Å². The molecule has 0 bridgehead atoms. The number of fused-ring (bicyclic) bond motifs is 1. The Labute approximate surface area is 268 Å². The number of carbonyl (C=O) groups excluding carboxylic acids is 1. The fourth-order valence-corrected chi connectivity index (χ4v) is 5.11. The molecule has 0 fully saturated rings. The van der Waals surface area contributed by atoms with Gasteiger partial charge in [0.05, 0.1) is 12.5 Å². The van der Waals surface area contributed by atoms with Crippen molar-refractivity contribution in [2.45, 2.75) is 45.6 Å². The Hall–Kier alpha value is -5.55. The number of allylic oxidation sites excluding steroid dienone is 1. The lowest BCUT2D eigenvalue weighted by Crippen LogP contribution is -2.21. The molecule has 1 aliphatic heterocycles. The lowest BCUT2D eigenvalue weighted by Gasteiger charge is -2.27. The molecule has 0 spiro atoms. The van der Waals surface area contributed by atoms with Gasteiger partial charge in [0.1, 0.15) is 35.6 Å². The number of benzene rings is 4. The van der Waals surface area contributed by atoms with Crippen molar-refractivity contribution in [2.24, 2.45) is 5.73 Å². The van der Waals surface area contributed by atoms with Crippen LogP contribution in [0, 0.1) is 17.1 Å². The van der Waals surface area contributed by atoms with Crippen LogP contribution in [-0.4, -0.2) is 12.6 Å². The van der Waals surface area contributed by atoms with Gasteiger partial charge in [-0.3, -0.25) is 0 Å². The molecule has 1 aliphatic rings. The van der Waals surface area contributed by atoms with E-state index in [2.05, 4.69) is 26.8 Å². The summed E-state index contributed by atoms with van der Waals surface area (Å²) >= 11 is 0. The maximum absolute atomic E-state index is 14.2. The predicted octanol–water partition coefficient (Wildman–Crippen LogP) is 7.94. The van der Waals surface area contributed by atoms with Crippen molar-refractivity contribution >= 4 is 12.0 Å². The van der Waals surface area contributed by atoms with E-state index >= 15 is 0 Å². The molecule has 7 nitrogen and oxygen atoms in total. The third-order valence-corrected chi connectivity index (χ3v) is 7.54. The summed E-state index contributed by atoms with van der Waals surface area (Å²) in [6.45, 7) is 8.65. The van der Waals surface area contributed by atoms with Gasteiger partial charge in [-0.25, -0.2) is 9.18 Å². The highest BCUT2D eigenvalue weighted by Gasteiger charge is 2.32. The highest BCUT2D eigenvalue weighted by molar-refractivity contribution is 5.88. The van der Waals surface area contributed by atoms with Crippen LogP contribution in [0.4, 0.5) is 4.39 Å². The van der Waals surface area contributed by atoms with Crippen molar-refractivity contribution in [2.75, 3.05) is 6.61 Å². The van der Waals surface area contributed by atoms with Gasteiger partial charge >= 0.3 is 5.97 Å². The molecule has 1 atom stereocenters. The molecule has 4 aromatic rings. The standard InChI is InChI=1S/C38H35FN2O5/c1-5-43-34-20-25(13-18-32(34)44-23-26-8-6-7-9-31(26)39)36-29-17-16-28(21-33(29)46-37(41)30(36)22-40)45-35(42)19-12-24-10-14-27(15-11-24)38(2,3)4/h6-21,36H,5,23,41H2,1-4H3/b19-12+. The van der Waals surface area contributed by atoms with Crippen LogP contribution in [0.3, 0.4) is 0 Å². The van der Waals surface area contributed by atoms with Gasteiger partial charge in [-0.1, -0.05) is 75.4 Å². The average molecular weight is 619 g/mol. The number of halogens is 1. The van der Waals surface area contributed by atoms with Crippen LogP contribution in [0.5, 0.6) is 23.0 Å². The summed E-state index contributed by atoms with van der Waals surface area (Å²) in [6, 6.07) is 26.8. The van der Waals surface area contributed by atoms with Crippen LogP contribution in [0.25, 0.3) is 6.08 Å². The number of carbonyl (C=O) groups is 1. The molecular formula is C38H35FN2O5. The summed E-state index contributed by atoms with van der Waals surface area (Å²) < 4.78 is 37.3. The first-order chi connectivity index (χ1) is 22.1. The highest BCUT2D eigenvalue weighted by atomic mass is 19.1. The predicted molar refractivity (Wildman–Crippen MR) is 174 cm³/mol. The van der Waals surface area contributed by atoms with Crippen LogP contribution < -0.4 is 24.7 Å². The Kier molecular flexibility index (Phi) is 9.43. The SMILES string of the molecule is CCOc1cc(C2C(C#N)=C(N)Oc3cc(OC(=O)/C=C/c4ccc(C(C)(C)C)cc4)ccc32)ccc1OCc1ccccc1F. The monoisotopic (exact) mass is 618 g/mol. The van der Waals surface area contributed by atoms with Gasteiger partial charge in [0, 0.05) is 23.3 Å². The molecule has 0 saturated carbocycles.